The Morgan fingerprint density at radius 2 is 2.21 bits per heavy atom. The predicted molar refractivity (Wildman–Crippen MR) is 72.8 cm³/mol. The van der Waals surface area contributed by atoms with Crippen LogP contribution in [0.15, 0.2) is 24.3 Å². The quantitative estimate of drug-likeness (QED) is 0.617. The highest BCUT2D eigenvalue weighted by molar-refractivity contribution is 5.89. The summed E-state index contributed by atoms with van der Waals surface area (Å²) in [6, 6.07) is 7.25. The maximum Gasteiger partial charge on any atom is 0.338 e. The highest BCUT2D eigenvalue weighted by Gasteiger charge is 2.38. The largest absolute Gasteiger partial charge is 0.458 e. The first-order valence-corrected chi connectivity index (χ1v) is 6.44. The molecule has 3 heteroatoms. The van der Waals surface area contributed by atoms with Crippen molar-refractivity contribution in [1.82, 2.24) is 0 Å². The molecule has 0 aliphatic carbocycles. The molecule has 0 unspecified atom stereocenters. The van der Waals surface area contributed by atoms with Gasteiger partial charge in [-0.25, -0.2) is 4.79 Å². The minimum Gasteiger partial charge on any atom is -0.458 e. The lowest BCUT2D eigenvalue weighted by Gasteiger charge is -2.22. The van der Waals surface area contributed by atoms with Crippen LogP contribution in [0.2, 0.25) is 0 Å². The molecule has 1 aliphatic rings. The van der Waals surface area contributed by atoms with Gasteiger partial charge in [-0.05, 0) is 38.8 Å². The summed E-state index contributed by atoms with van der Waals surface area (Å²) in [5.74, 6) is 2.26. The zero-order valence-corrected chi connectivity index (χ0v) is 11.3. The van der Waals surface area contributed by atoms with Crippen LogP contribution in [0.4, 0.5) is 0 Å². The maximum absolute atomic E-state index is 11.9. The zero-order chi connectivity index (χ0) is 13.9. The number of esters is 1. The van der Waals surface area contributed by atoms with Crippen molar-refractivity contribution in [2.75, 3.05) is 6.61 Å². The summed E-state index contributed by atoms with van der Waals surface area (Å²) in [7, 11) is 0. The Morgan fingerprint density at radius 1 is 1.53 bits per heavy atom. The van der Waals surface area contributed by atoms with Gasteiger partial charge >= 0.3 is 5.97 Å². The molecule has 1 fully saturated rings. The molecule has 0 radical (unpaired) electrons. The van der Waals surface area contributed by atoms with Gasteiger partial charge in [-0.1, -0.05) is 23.6 Å². The summed E-state index contributed by atoms with van der Waals surface area (Å²) in [4.78, 5) is 11.9. The van der Waals surface area contributed by atoms with Crippen molar-refractivity contribution in [3.63, 3.8) is 0 Å². The normalized spacial score (nSPS) is 25.8. The van der Waals surface area contributed by atoms with Crippen molar-refractivity contribution in [3.05, 3.63) is 35.4 Å². The van der Waals surface area contributed by atoms with Gasteiger partial charge in [0.15, 0.2) is 5.60 Å². The van der Waals surface area contributed by atoms with Gasteiger partial charge in [-0.15, -0.1) is 6.42 Å². The monoisotopic (exact) mass is 258 g/mol. The van der Waals surface area contributed by atoms with Crippen LogP contribution in [0.3, 0.4) is 0 Å². The van der Waals surface area contributed by atoms with Gasteiger partial charge in [0.2, 0.25) is 0 Å². The summed E-state index contributed by atoms with van der Waals surface area (Å²) in [6.07, 6.45) is 7.25. The second-order valence-electron chi connectivity index (χ2n) is 5.05. The number of ether oxygens (including phenoxy) is 2. The van der Waals surface area contributed by atoms with Crippen LogP contribution >= 0.6 is 0 Å². The van der Waals surface area contributed by atoms with Crippen molar-refractivity contribution in [2.24, 2.45) is 0 Å². The van der Waals surface area contributed by atoms with Crippen molar-refractivity contribution in [3.8, 4) is 12.3 Å². The number of terminal acetylenes is 1. The summed E-state index contributed by atoms with van der Waals surface area (Å²) >= 11 is 0. The van der Waals surface area contributed by atoms with Gasteiger partial charge in [-0.3, -0.25) is 0 Å². The first kappa shape index (κ1) is 13.6. The van der Waals surface area contributed by atoms with Crippen molar-refractivity contribution >= 4 is 5.97 Å². The summed E-state index contributed by atoms with van der Waals surface area (Å²) in [5.41, 5.74) is 0.883. The van der Waals surface area contributed by atoms with E-state index in [1.54, 1.807) is 12.1 Å². The molecule has 0 amide bonds. The summed E-state index contributed by atoms with van der Waals surface area (Å²) < 4.78 is 11.0. The number of hydrogen-bond acceptors (Lipinski definition) is 3. The van der Waals surface area contributed by atoms with Gasteiger partial charge in [0, 0.05) is 0 Å². The summed E-state index contributed by atoms with van der Waals surface area (Å²) in [5, 5.41) is 0. The molecular weight excluding hydrogens is 240 g/mol. The number of rotatable bonds is 3. The predicted octanol–water partition coefficient (Wildman–Crippen LogP) is 2.72. The molecule has 0 spiro atoms. The fourth-order valence-corrected chi connectivity index (χ4v) is 2.15. The Hall–Kier alpha value is -1.79. The van der Waals surface area contributed by atoms with Gasteiger partial charge in [0.1, 0.15) is 6.61 Å². The molecule has 0 saturated carbocycles. The van der Waals surface area contributed by atoms with E-state index in [1.165, 1.54) is 0 Å². The molecule has 1 heterocycles. The molecule has 0 aromatic heterocycles. The molecule has 1 aliphatic heterocycles. The van der Waals surface area contributed by atoms with Crippen molar-refractivity contribution in [2.45, 2.75) is 38.4 Å². The van der Waals surface area contributed by atoms with Gasteiger partial charge < -0.3 is 9.47 Å². The van der Waals surface area contributed by atoms with E-state index in [9.17, 15) is 4.79 Å². The Labute approximate surface area is 113 Å². The first-order valence-electron chi connectivity index (χ1n) is 6.44. The van der Waals surface area contributed by atoms with E-state index >= 15 is 0 Å². The fraction of sp³-hybridized carbons (Fsp3) is 0.438. The van der Waals surface area contributed by atoms with Crippen LogP contribution in [0, 0.1) is 19.3 Å². The minimum absolute atomic E-state index is 0.112. The Morgan fingerprint density at radius 3 is 2.74 bits per heavy atom. The van der Waals surface area contributed by atoms with Crippen molar-refractivity contribution < 1.29 is 14.3 Å². The lowest BCUT2D eigenvalue weighted by molar-refractivity contribution is -0.0392. The van der Waals surface area contributed by atoms with Crippen LogP contribution in [0.25, 0.3) is 0 Å². The van der Waals surface area contributed by atoms with E-state index in [0.29, 0.717) is 5.56 Å². The molecule has 100 valence electrons. The smallest absolute Gasteiger partial charge is 0.338 e. The number of aryl methyl sites for hydroxylation is 1. The second-order valence-corrected chi connectivity index (χ2v) is 5.05. The maximum atomic E-state index is 11.9. The SMILES string of the molecule is C#C[C@@]1(COC(=O)c2ccc(C)cc2)CC[C@H](C)O1. The molecule has 0 bridgehead atoms. The third-order valence-electron chi connectivity index (χ3n) is 3.37. The lowest BCUT2D eigenvalue weighted by Crippen LogP contribution is -2.34. The lowest BCUT2D eigenvalue weighted by atomic mass is 10.0. The topological polar surface area (TPSA) is 35.5 Å². The van der Waals surface area contributed by atoms with E-state index in [2.05, 4.69) is 5.92 Å². The average molecular weight is 258 g/mol. The molecule has 19 heavy (non-hydrogen) atoms. The molecule has 0 N–H and O–H groups in total. The summed E-state index contributed by atoms with van der Waals surface area (Å²) in [6.45, 7) is 4.05. The first-order chi connectivity index (χ1) is 9.04. The zero-order valence-electron chi connectivity index (χ0n) is 11.3. The van der Waals surface area contributed by atoms with E-state index in [1.807, 2.05) is 26.0 Å². The number of hydrogen-bond donors (Lipinski definition) is 0. The van der Waals surface area contributed by atoms with E-state index < -0.39 is 5.60 Å². The second kappa shape index (κ2) is 5.46. The van der Waals surface area contributed by atoms with Crippen LogP contribution in [-0.4, -0.2) is 24.3 Å². The van der Waals surface area contributed by atoms with E-state index in [4.69, 9.17) is 15.9 Å². The molecule has 2 rings (SSSR count). The Bertz CT molecular complexity index is 498. The van der Waals surface area contributed by atoms with Crippen LogP contribution < -0.4 is 0 Å². The Kier molecular flexibility index (Phi) is 3.92. The van der Waals surface area contributed by atoms with Gasteiger partial charge in [0.25, 0.3) is 0 Å². The van der Waals surface area contributed by atoms with Crippen LogP contribution in [-0.2, 0) is 9.47 Å². The fourth-order valence-electron chi connectivity index (χ4n) is 2.15. The van der Waals surface area contributed by atoms with E-state index in [-0.39, 0.29) is 18.7 Å². The van der Waals surface area contributed by atoms with E-state index in [0.717, 1.165) is 18.4 Å². The molecule has 1 aromatic rings. The number of carbonyl (C=O) groups is 1. The standard InChI is InChI=1S/C16H18O3/c1-4-16(10-9-13(3)19-16)11-18-15(17)14-7-5-12(2)6-8-14/h1,5-8,13H,9-11H2,2-3H3/t13-,16-/m0/s1. The van der Waals surface area contributed by atoms with Crippen LogP contribution in [0.5, 0.6) is 0 Å². The molecular formula is C16H18O3. The van der Waals surface area contributed by atoms with Crippen LogP contribution in [0.1, 0.15) is 35.7 Å². The highest BCUT2D eigenvalue weighted by Crippen LogP contribution is 2.30. The van der Waals surface area contributed by atoms with Gasteiger partial charge in [0.05, 0.1) is 11.7 Å². The molecule has 2 atom stereocenters. The molecule has 3 nitrogen and oxygen atoms in total. The van der Waals surface area contributed by atoms with Gasteiger partial charge in [-0.2, -0.15) is 0 Å². The number of carbonyl (C=O) groups excluding carboxylic acids is 1. The number of benzene rings is 1. The average Bonchev–Trinajstić information content (AvgIpc) is 2.79. The van der Waals surface area contributed by atoms with Crippen molar-refractivity contribution in [1.29, 1.82) is 0 Å². The molecule has 1 saturated heterocycles. The third-order valence-corrected chi connectivity index (χ3v) is 3.37. The highest BCUT2D eigenvalue weighted by atomic mass is 16.6. The molecule has 1 aromatic carbocycles. The minimum atomic E-state index is -0.750. The Balaban J connectivity index is 1.97. The third kappa shape index (κ3) is 3.15.